The Balaban J connectivity index is 1.21. The summed E-state index contributed by atoms with van der Waals surface area (Å²) in [5, 5.41) is 1.17. The zero-order chi connectivity index (χ0) is 22.1. The van der Waals surface area contributed by atoms with E-state index in [4.69, 9.17) is 0 Å². The molecule has 166 valence electrons. The van der Waals surface area contributed by atoms with Crippen molar-refractivity contribution < 1.29 is 4.79 Å². The van der Waals surface area contributed by atoms with E-state index in [-0.39, 0.29) is 5.91 Å². The largest absolute Gasteiger partial charge is 0.351 e. The van der Waals surface area contributed by atoms with Crippen LogP contribution in [0.15, 0.2) is 73.4 Å². The van der Waals surface area contributed by atoms with Crippen LogP contribution in [0.2, 0.25) is 0 Å². The van der Waals surface area contributed by atoms with E-state index >= 15 is 0 Å². The van der Waals surface area contributed by atoms with Gasteiger partial charge in [0.05, 0.1) is 0 Å². The van der Waals surface area contributed by atoms with Crippen LogP contribution in [0, 0.1) is 11.8 Å². The fourth-order valence-corrected chi connectivity index (χ4v) is 5.61. The molecule has 2 atom stereocenters. The Labute approximate surface area is 191 Å². The van der Waals surface area contributed by atoms with E-state index in [1.807, 2.05) is 30.3 Å². The standard InChI is InChI=1S/C28H33N3O/c1-3-21-19-31(28(32)25-10-9-24-11-14-29(2)27(24)17-25)20-26(21)18-30-15-12-23(13-16-30)22-7-5-4-6-8-22/h3-11,14,17,21,23,26H,1,12-13,15-16,18-20H2,2H3/t21-,26-/m1/s1. The minimum absolute atomic E-state index is 0.144. The Morgan fingerprint density at radius 3 is 2.59 bits per heavy atom. The third kappa shape index (κ3) is 4.12. The van der Waals surface area contributed by atoms with Gasteiger partial charge in [-0.1, -0.05) is 42.5 Å². The third-order valence-corrected chi connectivity index (χ3v) is 7.57. The molecule has 2 saturated heterocycles. The van der Waals surface area contributed by atoms with Gasteiger partial charge in [0.2, 0.25) is 0 Å². The van der Waals surface area contributed by atoms with E-state index in [2.05, 4.69) is 64.6 Å². The van der Waals surface area contributed by atoms with E-state index in [9.17, 15) is 4.79 Å². The molecule has 2 fully saturated rings. The molecule has 1 amide bonds. The SMILES string of the molecule is C=C[C@@H]1CN(C(=O)c2ccc3ccn(C)c3c2)C[C@H]1CN1CCC(c2ccccc2)CC1. The number of piperidine rings is 1. The van der Waals surface area contributed by atoms with Crippen LogP contribution in [0.1, 0.15) is 34.7 Å². The topological polar surface area (TPSA) is 28.5 Å². The lowest BCUT2D eigenvalue weighted by molar-refractivity contribution is 0.0781. The highest BCUT2D eigenvalue weighted by Crippen LogP contribution is 2.31. The second-order valence-corrected chi connectivity index (χ2v) is 9.56. The molecule has 0 bridgehead atoms. The summed E-state index contributed by atoms with van der Waals surface area (Å²) in [5.41, 5.74) is 3.36. The second kappa shape index (κ2) is 8.95. The maximum atomic E-state index is 13.3. The van der Waals surface area contributed by atoms with E-state index in [1.165, 1.54) is 23.8 Å². The van der Waals surface area contributed by atoms with Crippen LogP contribution in [0.3, 0.4) is 0 Å². The van der Waals surface area contributed by atoms with Gasteiger partial charge < -0.3 is 14.4 Å². The molecule has 0 N–H and O–H groups in total. The molecule has 3 heterocycles. The number of fused-ring (bicyclic) bond motifs is 1. The Morgan fingerprint density at radius 1 is 1.06 bits per heavy atom. The van der Waals surface area contributed by atoms with Crippen molar-refractivity contribution in [3.8, 4) is 0 Å². The molecule has 0 unspecified atom stereocenters. The van der Waals surface area contributed by atoms with Crippen LogP contribution < -0.4 is 0 Å². The molecule has 2 aliphatic rings. The average molecular weight is 428 g/mol. The fraction of sp³-hybridized carbons (Fsp3) is 0.393. The molecule has 0 aliphatic carbocycles. The quantitative estimate of drug-likeness (QED) is 0.540. The highest BCUT2D eigenvalue weighted by Gasteiger charge is 2.35. The van der Waals surface area contributed by atoms with Gasteiger partial charge in [0.25, 0.3) is 5.91 Å². The van der Waals surface area contributed by atoms with Gasteiger partial charge in [-0.05, 0) is 72.8 Å². The third-order valence-electron chi connectivity index (χ3n) is 7.57. The van der Waals surface area contributed by atoms with Crippen molar-refractivity contribution in [1.29, 1.82) is 0 Å². The summed E-state index contributed by atoms with van der Waals surface area (Å²) in [7, 11) is 2.02. The Morgan fingerprint density at radius 2 is 1.84 bits per heavy atom. The van der Waals surface area contributed by atoms with Crippen molar-refractivity contribution in [2.24, 2.45) is 18.9 Å². The first-order valence-electron chi connectivity index (χ1n) is 11.9. The highest BCUT2D eigenvalue weighted by atomic mass is 16.2. The highest BCUT2D eigenvalue weighted by molar-refractivity contribution is 5.98. The molecular formula is C28H33N3O. The maximum Gasteiger partial charge on any atom is 0.253 e. The summed E-state index contributed by atoms with van der Waals surface area (Å²) in [4.78, 5) is 17.9. The fourth-order valence-electron chi connectivity index (χ4n) is 5.61. The zero-order valence-corrected chi connectivity index (χ0v) is 19.0. The van der Waals surface area contributed by atoms with Gasteiger partial charge in [0, 0.05) is 44.0 Å². The van der Waals surface area contributed by atoms with Gasteiger partial charge in [0.15, 0.2) is 0 Å². The van der Waals surface area contributed by atoms with Crippen LogP contribution in [0.5, 0.6) is 0 Å². The van der Waals surface area contributed by atoms with Crippen molar-refractivity contribution in [3.63, 3.8) is 0 Å². The number of hydrogen-bond acceptors (Lipinski definition) is 2. The van der Waals surface area contributed by atoms with Crippen molar-refractivity contribution in [3.05, 3.63) is 84.6 Å². The number of aryl methyl sites for hydroxylation is 1. The average Bonchev–Trinajstić information content (AvgIpc) is 3.42. The van der Waals surface area contributed by atoms with Gasteiger partial charge in [-0.15, -0.1) is 6.58 Å². The van der Waals surface area contributed by atoms with Crippen LogP contribution >= 0.6 is 0 Å². The number of amides is 1. The molecule has 2 aromatic carbocycles. The number of carbonyl (C=O) groups is 1. The van der Waals surface area contributed by atoms with Crippen LogP contribution in [-0.4, -0.2) is 53.0 Å². The maximum absolute atomic E-state index is 13.3. The molecule has 2 aliphatic heterocycles. The Hall–Kier alpha value is -2.85. The molecule has 5 rings (SSSR count). The number of rotatable bonds is 5. The first-order chi connectivity index (χ1) is 15.6. The molecule has 0 radical (unpaired) electrons. The van der Waals surface area contributed by atoms with E-state index in [0.717, 1.165) is 43.8 Å². The van der Waals surface area contributed by atoms with Gasteiger partial charge in [-0.3, -0.25) is 4.79 Å². The summed E-state index contributed by atoms with van der Waals surface area (Å²) in [6, 6.07) is 19.1. The summed E-state index contributed by atoms with van der Waals surface area (Å²) >= 11 is 0. The van der Waals surface area contributed by atoms with Gasteiger partial charge >= 0.3 is 0 Å². The molecule has 0 spiro atoms. The molecule has 4 heteroatoms. The normalized spacial score (nSPS) is 22.5. The van der Waals surface area contributed by atoms with Crippen molar-refractivity contribution in [2.75, 3.05) is 32.7 Å². The summed E-state index contributed by atoms with van der Waals surface area (Å²) < 4.78 is 2.07. The monoisotopic (exact) mass is 427 g/mol. The molecule has 0 saturated carbocycles. The Bertz CT molecular complexity index is 1090. The van der Waals surface area contributed by atoms with Crippen molar-refractivity contribution >= 4 is 16.8 Å². The van der Waals surface area contributed by atoms with Crippen LogP contribution in [0.25, 0.3) is 10.9 Å². The number of hydrogen-bond donors (Lipinski definition) is 0. The first-order valence-corrected chi connectivity index (χ1v) is 11.9. The number of aromatic nitrogens is 1. The number of carbonyl (C=O) groups excluding carboxylic acids is 1. The minimum Gasteiger partial charge on any atom is -0.351 e. The smallest absolute Gasteiger partial charge is 0.253 e. The summed E-state index contributed by atoms with van der Waals surface area (Å²) in [5.74, 6) is 1.65. The number of likely N-dealkylation sites (tertiary alicyclic amines) is 2. The van der Waals surface area contributed by atoms with Gasteiger partial charge in [0.1, 0.15) is 0 Å². The lowest BCUT2D eigenvalue weighted by Gasteiger charge is -2.34. The molecular weight excluding hydrogens is 394 g/mol. The summed E-state index contributed by atoms with van der Waals surface area (Å²) in [6.07, 6.45) is 6.54. The second-order valence-electron chi connectivity index (χ2n) is 9.56. The first kappa shape index (κ1) is 21.0. The zero-order valence-electron chi connectivity index (χ0n) is 19.0. The van der Waals surface area contributed by atoms with E-state index in [0.29, 0.717) is 17.8 Å². The van der Waals surface area contributed by atoms with Crippen LogP contribution in [0.4, 0.5) is 0 Å². The predicted molar refractivity (Wildman–Crippen MR) is 131 cm³/mol. The van der Waals surface area contributed by atoms with E-state index < -0.39 is 0 Å². The van der Waals surface area contributed by atoms with E-state index in [1.54, 1.807) is 0 Å². The number of benzene rings is 2. The minimum atomic E-state index is 0.144. The lowest BCUT2D eigenvalue weighted by atomic mass is 9.88. The summed E-state index contributed by atoms with van der Waals surface area (Å²) in [6.45, 7) is 9.01. The lowest BCUT2D eigenvalue weighted by Crippen LogP contribution is -2.38. The predicted octanol–water partition coefficient (Wildman–Crippen LogP) is 4.93. The number of nitrogens with zero attached hydrogens (tertiary/aromatic N) is 3. The molecule has 3 aromatic rings. The molecule has 4 nitrogen and oxygen atoms in total. The van der Waals surface area contributed by atoms with Crippen molar-refractivity contribution in [1.82, 2.24) is 14.4 Å². The molecule has 1 aromatic heterocycles. The van der Waals surface area contributed by atoms with Gasteiger partial charge in [-0.25, -0.2) is 0 Å². The van der Waals surface area contributed by atoms with Gasteiger partial charge in [-0.2, -0.15) is 0 Å². The Kier molecular flexibility index (Phi) is 5.88. The van der Waals surface area contributed by atoms with Crippen LogP contribution in [-0.2, 0) is 7.05 Å². The molecule has 32 heavy (non-hydrogen) atoms. The van der Waals surface area contributed by atoms with Crippen molar-refractivity contribution in [2.45, 2.75) is 18.8 Å².